The number of likely N-dealkylation sites (tertiary alicyclic amines) is 1. The SMILES string of the molecule is CCCNC(CN1CCC(c2ccccc2)C1)C(C)CC. The third kappa shape index (κ3) is 4.82. The first-order valence-electron chi connectivity index (χ1n) is 8.75. The van der Waals surface area contributed by atoms with E-state index in [2.05, 4.69) is 61.3 Å². The fourth-order valence-corrected chi connectivity index (χ4v) is 3.33. The average Bonchev–Trinajstić information content (AvgIpc) is 3.00. The lowest BCUT2D eigenvalue weighted by Crippen LogP contribution is -2.44. The van der Waals surface area contributed by atoms with Crippen molar-refractivity contribution in [3.63, 3.8) is 0 Å². The molecule has 3 unspecified atom stereocenters. The molecule has 2 heteroatoms. The first kappa shape index (κ1) is 16.5. The van der Waals surface area contributed by atoms with Crippen molar-refractivity contribution in [1.29, 1.82) is 0 Å². The summed E-state index contributed by atoms with van der Waals surface area (Å²) in [5.74, 6) is 1.49. The fraction of sp³-hybridized carbons (Fsp3) is 0.684. The fourth-order valence-electron chi connectivity index (χ4n) is 3.33. The van der Waals surface area contributed by atoms with Gasteiger partial charge in [0.25, 0.3) is 0 Å². The summed E-state index contributed by atoms with van der Waals surface area (Å²) in [6.45, 7) is 11.8. The Hall–Kier alpha value is -0.860. The maximum atomic E-state index is 3.76. The predicted octanol–water partition coefficient (Wildman–Crippen LogP) is 3.89. The molecule has 1 aromatic carbocycles. The van der Waals surface area contributed by atoms with Crippen LogP contribution in [0.4, 0.5) is 0 Å². The van der Waals surface area contributed by atoms with Gasteiger partial charge in [-0.05, 0) is 43.3 Å². The van der Waals surface area contributed by atoms with E-state index in [-0.39, 0.29) is 0 Å². The molecule has 1 fully saturated rings. The molecule has 0 spiro atoms. The number of rotatable bonds is 8. The van der Waals surface area contributed by atoms with E-state index in [9.17, 15) is 0 Å². The maximum absolute atomic E-state index is 3.76. The summed E-state index contributed by atoms with van der Waals surface area (Å²) in [4.78, 5) is 2.66. The number of nitrogens with one attached hydrogen (secondary N) is 1. The lowest BCUT2D eigenvalue weighted by Gasteiger charge is -2.29. The van der Waals surface area contributed by atoms with Crippen LogP contribution in [0.2, 0.25) is 0 Å². The molecule has 1 aromatic rings. The van der Waals surface area contributed by atoms with Crippen molar-refractivity contribution in [2.45, 2.75) is 52.0 Å². The van der Waals surface area contributed by atoms with Gasteiger partial charge in [0.05, 0.1) is 0 Å². The highest BCUT2D eigenvalue weighted by Gasteiger charge is 2.26. The van der Waals surface area contributed by atoms with Crippen LogP contribution in [0.25, 0.3) is 0 Å². The van der Waals surface area contributed by atoms with Gasteiger partial charge in [-0.15, -0.1) is 0 Å². The lowest BCUT2D eigenvalue weighted by molar-refractivity contribution is 0.242. The molecule has 0 aromatic heterocycles. The van der Waals surface area contributed by atoms with Gasteiger partial charge < -0.3 is 10.2 Å². The molecule has 2 nitrogen and oxygen atoms in total. The molecule has 3 atom stereocenters. The second-order valence-electron chi connectivity index (χ2n) is 6.60. The van der Waals surface area contributed by atoms with Crippen LogP contribution < -0.4 is 5.32 Å². The summed E-state index contributed by atoms with van der Waals surface area (Å²) in [5.41, 5.74) is 1.52. The van der Waals surface area contributed by atoms with E-state index in [0.717, 1.165) is 18.4 Å². The van der Waals surface area contributed by atoms with E-state index in [1.807, 2.05) is 0 Å². The van der Waals surface area contributed by atoms with Crippen molar-refractivity contribution in [3.8, 4) is 0 Å². The zero-order chi connectivity index (χ0) is 15.1. The number of nitrogens with zero attached hydrogens (tertiary/aromatic N) is 1. The molecule has 1 heterocycles. The average molecular weight is 288 g/mol. The van der Waals surface area contributed by atoms with Crippen molar-refractivity contribution >= 4 is 0 Å². The van der Waals surface area contributed by atoms with Crippen LogP contribution in [-0.4, -0.2) is 37.1 Å². The van der Waals surface area contributed by atoms with E-state index in [4.69, 9.17) is 0 Å². The molecule has 0 bridgehead atoms. The predicted molar refractivity (Wildman–Crippen MR) is 91.8 cm³/mol. The van der Waals surface area contributed by atoms with Crippen LogP contribution in [0.1, 0.15) is 51.5 Å². The second-order valence-corrected chi connectivity index (χ2v) is 6.60. The normalized spacial score (nSPS) is 22.3. The molecular weight excluding hydrogens is 256 g/mol. The van der Waals surface area contributed by atoms with E-state index in [0.29, 0.717) is 6.04 Å². The number of benzene rings is 1. The summed E-state index contributed by atoms with van der Waals surface area (Å²) in [6.07, 6.45) is 3.79. The zero-order valence-electron chi connectivity index (χ0n) is 14.0. The van der Waals surface area contributed by atoms with Crippen LogP contribution in [-0.2, 0) is 0 Å². The van der Waals surface area contributed by atoms with Gasteiger partial charge in [0.1, 0.15) is 0 Å². The van der Waals surface area contributed by atoms with E-state index in [1.54, 1.807) is 0 Å². The molecule has 2 rings (SSSR count). The Labute approximate surface area is 130 Å². The standard InChI is InChI=1S/C19H32N2/c1-4-12-20-19(16(3)5-2)15-21-13-11-18(14-21)17-9-7-6-8-10-17/h6-10,16,18-20H,4-5,11-15H2,1-3H3. The summed E-state index contributed by atoms with van der Waals surface area (Å²) in [5, 5.41) is 3.76. The Balaban J connectivity index is 1.87. The van der Waals surface area contributed by atoms with Crippen molar-refractivity contribution in [1.82, 2.24) is 10.2 Å². The van der Waals surface area contributed by atoms with Crippen LogP contribution in [0.3, 0.4) is 0 Å². The lowest BCUT2D eigenvalue weighted by atomic mass is 9.98. The highest BCUT2D eigenvalue weighted by Crippen LogP contribution is 2.27. The first-order chi connectivity index (χ1) is 10.2. The van der Waals surface area contributed by atoms with Crippen molar-refractivity contribution < 1.29 is 0 Å². The Kier molecular flexibility index (Phi) is 6.72. The highest BCUT2D eigenvalue weighted by atomic mass is 15.2. The van der Waals surface area contributed by atoms with Gasteiger partial charge >= 0.3 is 0 Å². The van der Waals surface area contributed by atoms with Gasteiger partial charge in [-0.3, -0.25) is 0 Å². The molecule has 21 heavy (non-hydrogen) atoms. The van der Waals surface area contributed by atoms with Gasteiger partial charge in [-0.2, -0.15) is 0 Å². The topological polar surface area (TPSA) is 15.3 Å². The van der Waals surface area contributed by atoms with E-state index >= 15 is 0 Å². The molecule has 0 aliphatic carbocycles. The number of hydrogen-bond acceptors (Lipinski definition) is 2. The molecule has 1 N–H and O–H groups in total. The van der Waals surface area contributed by atoms with Gasteiger partial charge in [0.15, 0.2) is 0 Å². The molecule has 1 aliphatic rings. The minimum absolute atomic E-state index is 0.643. The summed E-state index contributed by atoms with van der Waals surface area (Å²) in [7, 11) is 0. The quantitative estimate of drug-likeness (QED) is 0.780. The van der Waals surface area contributed by atoms with Gasteiger partial charge in [-0.1, -0.05) is 57.5 Å². The molecule has 0 saturated carbocycles. The molecule has 0 radical (unpaired) electrons. The van der Waals surface area contributed by atoms with Gasteiger partial charge in [-0.25, -0.2) is 0 Å². The Morgan fingerprint density at radius 1 is 1.24 bits per heavy atom. The minimum Gasteiger partial charge on any atom is -0.312 e. The van der Waals surface area contributed by atoms with E-state index < -0.39 is 0 Å². The molecule has 1 saturated heterocycles. The summed E-state index contributed by atoms with van der Waals surface area (Å²) >= 11 is 0. The monoisotopic (exact) mass is 288 g/mol. The smallest absolute Gasteiger partial charge is 0.0220 e. The van der Waals surface area contributed by atoms with Crippen LogP contribution in [0, 0.1) is 5.92 Å². The van der Waals surface area contributed by atoms with Crippen molar-refractivity contribution in [2.24, 2.45) is 5.92 Å². The van der Waals surface area contributed by atoms with Crippen molar-refractivity contribution in [3.05, 3.63) is 35.9 Å². The van der Waals surface area contributed by atoms with Gasteiger partial charge in [0.2, 0.25) is 0 Å². The van der Waals surface area contributed by atoms with Crippen LogP contribution >= 0.6 is 0 Å². The largest absolute Gasteiger partial charge is 0.312 e. The second kappa shape index (κ2) is 8.55. The molecule has 1 aliphatic heterocycles. The third-order valence-electron chi connectivity index (χ3n) is 4.99. The number of hydrogen-bond donors (Lipinski definition) is 1. The van der Waals surface area contributed by atoms with Crippen LogP contribution in [0.15, 0.2) is 30.3 Å². The summed E-state index contributed by atoms with van der Waals surface area (Å²) < 4.78 is 0. The maximum Gasteiger partial charge on any atom is 0.0220 e. The Morgan fingerprint density at radius 3 is 2.67 bits per heavy atom. The van der Waals surface area contributed by atoms with Gasteiger partial charge in [0, 0.05) is 19.1 Å². The van der Waals surface area contributed by atoms with Crippen LogP contribution in [0.5, 0.6) is 0 Å². The Bertz CT molecular complexity index is 390. The van der Waals surface area contributed by atoms with Crippen molar-refractivity contribution in [2.75, 3.05) is 26.2 Å². The van der Waals surface area contributed by atoms with E-state index in [1.165, 1.54) is 44.5 Å². The molecule has 0 amide bonds. The minimum atomic E-state index is 0.643. The highest BCUT2D eigenvalue weighted by molar-refractivity contribution is 5.21. The third-order valence-corrected chi connectivity index (χ3v) is 4.99. The molecular formula is C19H32N2. The Morgan fingerprint density at radius 2 is 2.00 bits per heavy atom. The molecule has 118 valence electrons. The zero-order valence-corrected chi connectivity index (χ0v) is 14.0. The summed E-state index contributed by atoms with van der Waals surface area (Å²) in [6, 6.07) is 11.7. The first-order valence-corrected chi connectivity index (χ1v) is 8.75.